The number of fused-ring (bicyclic) bond motifs is 3. The fourth-order valence-electron chi connectivity index (χ4n) is 3.56. The van der Waals surface area contributed by atoms with Gasteiger partial charge in [0.05, 0.1) is 6.61 Å². The molecular formula is C23H20O4. The number of carbonyl (C=O) groups is 1. The largest absolute Gasteiger partial charge is 0.490 e. The average molecular weight is 360 g/mol. The van der Waals surface area contributed by atoms with Crippen LogP contribution in [0.2, 0.25) is 0 Å². The average Bonchev–Trinajstić information content (AvgIpc) is 3.07. The molecule has 0 aliphatic heterocycles. The summed E-state index contributed by atoms with van der Waals surface area (Å²) in [5, 5.41) is 8.68. The molecule has 4 heteroatoms. The van der Waals surface area contributed by atoms with Crippen molar-refractivity contribution in [2.75, 3.05) is 19.8 Å². The number of carboxylic acids is 1. The Morgan fingerprint density at radius 2 is 1.59 bits per heavy atom. The zero-order chi connectivity index (χ0) is 18.6. The first kappa shape index (κ1) is 17.3. The Labute approximate surface area is 158 Å². The number of ether oxygens (including phenoxy) is 2. The lowest BCUT2D eigenvalue weighted by atomic mass is 9.97. The maximum absolute atomic E-state index is 10.6. The second-order valence-corrected chi connectivity index (χ2v) is 6.46. The summed E-state index contributed by atoms with van der Waals surface area (Å²) >= 11 is 0. The Hall–Kier alpha value is -3.11. The van der Waals surface area contributed by atoms with Gasteiger partial charge in [0.15, 0.2) is 0 Å². The van der Waals surface area contributed by atoms with Gasteiger partial charge >= 0.3 is 5.97 Å². The molecule has 0 atom stereocenters. The van der Waals surface area contributed by atoms with Gasteiger partial charge in [0.1, 0.15) is 19.0 Å². The molecule has 136 valence electrons. The molecule has 0 radical (unpaired) electrons. The van der Waals surface area contributed by atoms with Crippen LogP contribution in [-0.4, -0.2) is 30.9 Å². The molecule has 0 spiro atoms. The first-order valence-corrected chi connectivity index (χ1v) is 8.96. The molecule has 0 fully saturated rings. The first-order chi connectivity index (χ1) is 13.2. The van der Waals surface area contributed by atoms with Gasteiger partial charge in [-0.05, 0) is 22.3 Å². The van der Waals surface area contributed by atoms with Crippen LogP contribution in [0, 0.1) is 0 Å². The van der Waals surface area contributed by atoms with Gasteiger partial charge in [-0.2, -0.15) is 0 Å². The van der Waals surface area contributed by atoms with E-state index >= 15 is 0 Å². The van der Waals surface area contributed by atoms with Crippen LogP contribution in [0.3, 0.4) is 0 Å². The molecule has 0 aromatic heterocycles. The maximum atomic E-state index is 10.6. The Kier molecular flexibility index (Phi) is 4.90. The molecule has 4 nitrogen and oxygen atoms in total. The molecule has 1 aliphatic rings. The lowest BCUT2D eigenvalue weighted by molar-refractivity contribution is -0.142. The van der Waals surface area contributed by atoms with E-state index in [1.54, 1.807) is 0 Å². The molecule has 1 N–H and O–H groups in total. The number of rotatable bonds is 7. The van der Waals surface area contributed by atoms with E-state index < -0.39 is 5.97 Å². The number of aliphatic carboxylic acids is 1. The molecule has 4 rings (SSSR count). The zero-order valence-corrected chi connectivity index (χ0v) is 14.9. The second kappa shape index (κ2) is 7.64. The quantitative estimate of drug-likeness (QED) is 0.496. The summed E-state index contributed by atoms with van der Waals surface area (Å²) in [6.07, 6.45) is 0.831. The van der Waals surface area contributed by atoms with Crippen molar-refractivity contribution in [3.63, 3.8) is 0 Å². The third-order valence-electron chi connectivity index (χ3n) is 4.72. The Morgan fingerprint density at radius 3 is 2.41 bits per heavy atom. The lowest BCUT2D eigenvalue weighted by Crippen LogP contribution is -2.13. The number of hydrogen-bond donors (Lipinski definition) is 1. The maximum Gasteiger partial charge on any atom is 0.329 e. The molecule has 3 aromatic carbocycles. The van der Waals surface area contributed by atoms with Crippen LogP contribution in [0.5, 0.6) is 5.75 Å². The minimum absolute atomic E-state index is 0.233. The van der Waals surface area contributed by atoms with Crippen molar-refractivity contribution in [2.24, 2.45) is 0 Å². The van der Waals surface area contributed by atoms with E-state index in [0.717, 1.165) is 23.3 Å². The van der Waals surface area contributed by atoms with Gasteiger partial charge in [-0.15, -0.1) is 0 Å². The van der Waals surface area contributed by atoms with Crippen LogP contribution in [-0.2, 0) is 16.0 Å². The van der Waals surface area contributed by atoms with Crippen molar-refractivity contribution in [3.05, 3.63) is 77.9 Å². The highest BCUT2D eigenvalue weighted by molar-refractivity contribution is 5.85. The summed E-state index contributed by atoms with van der Waals surface area (Å²) in [5.41, 5.74) is 7.06. The van der Waals surface area contributed by atoms with Crippen molar-refractivity contribution in [3.8, 4) is 28.0 Å². The molecule has 0 amide bonds. The van der Waals surface area contributed by atoms with Gasteiger partial charge in [0, 0.05) is 17.5 Å². The summed E-state index contributed by atoms with van der Waals surface area (Å²) in [7, 11) is 0. The fourth-order valence-corrected chi connectivity index (χ4v) is 3.56. The van der Waals surface area contributed by atoms with Gasteiger partial charge in [0.25, 0.3) is 0 Å². The summed E-state index contributed by atoms with van der Waals surface area (Å²) in [5.74, 6) is -0.121. The van der Waals surface area contributed by atoms with E-state index in [-0.39, 0.29) is 13.2 Å². The smallest absolute Gasteiger partial charge is 0.329 e. The molecule has 0 bridgehead atoms. The standard InChI is InChI=1S/C23H20O4/c24-22(25)15-26-12-13-27-23-19(16-6-2-1-3-7-16)10-11-20-18-9-5-4-8-17(18)14-21(20)23/h1-11H,12-15H2,(H,24,25). The van der Waals surface area contributed by atoms with Crippen molar-refractivity contribution in [1.29, 1.82) is 0 Å². The van der Waals surface area contributed by atoms with Crippen molar-refractivity contribution in [2.45, 2.75) is 6.42 Å². The second-order valence-electron chi connectivity index (χ2n) is 6.46. The Balaban J connectivity index is 1.67. The highest BCUT2D eigenvalue weighted by Gasteiger charge is 2.24. The predicted molar refractivity (Wildman–Crippen MR) is 104 cm³/mol. The normalized spacial score (nSPS) is 11.7. The summed E-state index contributed by atoms with van der Waals surface area (Å²) in [6, 6.07) is 22.8. The van der Waals surface area contributed by atoms with Crippen molar-refractivity contribution >= 4 is 5.97 Å². The molecule has 0 unspecified atom stereocenters. The number of carboxylic acid groups (broad SMARTS) is 1. The van der Waals surface area contributed by atoms with Crippen LogP contribution in [0.25, 0.3) is 22.3 Å². The van der Waals surface area contributed by atoms with Gasteiger partial charge in [-0.1, -0.05) is 66.7 Å². The van der Waals surface area contributed by atoms with E-state index in [2.05, 4.69) is 48.5 Å². The predicted octanol–water partition coefficient (Wildman–Crippen LogP) is 4.40. The summed E-state index contributed by atoms with van der Waals surface area (Å²) in [6.45, 7) is 0.226. The monoisotopic (exact) mass is 360 g/mol. The third kappa shape index (κ3) is 3.57. The summed E-state index contributed by atoms with van der Waals surface area (Å²) < 4.78 is 11.2. The fraction of sp³-hybridized carbons (Fsp3) is 0.174. The van der Waals surface area contributed by atoms with Gasteiger partial charge in [0.2, 0.25) is 0 Å². The third-order valence-corrected chi connectivity index (χ3v) is 4.72. The molecular weight excluding hydrogens is 340 g/mol. The highest BCUT2D eigenvalue weighted by Crippen LogP contribution is 2.45. The van der Waals surface area contributed by atoms with E-state index in [4.69, 9.17) is 14.6 Å². The highest BCUT2D eigenvalue weighted by atomic mass is 16.5. The molecule has 0 saturated carbocycles. The minimum Gasteiger partial charge on any atom is -0.490 e. The van der Waals surface area contributed by atoms with Gasteiger partial charge < -0.3 is 14.6 Å². The van der Waals surface area contributed by atoms with Crippen molar-refractivity contribution in [1.82, 2.24) is 0 Å². The SMILES string of the molecule is O=C(O)COCCOc1c(-c2ccccc2)ccc2c1Cc1ccccc1-2. The molecule has 0 heterocycles. The van der Waals surface area contributed by atoms with Gasteiger partial charge in [-0.25, -0.2) is 4.79 Å². The van der Waals surface area contributed by atoms with Crippen LogP contribution in [0.4, 0.5) is 0 Å². The number of benzene rings is 3. The molecule has 1 aliphatic carbocycles. The van der Waals surface area contributed by atoms with Crippen LogP contribution < -0.4 is 4.74 Å². The van der Waals surface area contributed by atoms with Crippen LogP contribution >= 0.6 is 0 Å². The van der Waals surface area contributed by atoms with Gasteiger partial charge in [-0.3, -0.25) is 0 Å². The van der Waals surface area contributed by atoms with Crippen LogP contribution in [0.1, 0.15) is 11.1 Å². The molecule has 0 saturated heterocycles. The molecule has 27 heavy (non-hydrogen) atoms. The van der Waals surface area contributed by atoms with E-state index in [9.17, 15) is 4.79 Å². The Bertz CT molecular complexity index is 963. The summed E-state index contributed by atoms with van der Waals surface area (Å²) in [4.78, 5) is 10.6. The van der Waals surface area contributed by atoms with E-state index in [1.165, 1.54) is 22.3 Å². The minimum atomic E-state index is -0.976. The van der Waals surface area contributed by atoms with E-state index in [0.29, 0.717) is 6.61 Å². The number of hydrogen-bond acceptors (Lipinski definition) is 3. The first-order valence-electron chi connectivity index (χ1n) is 8.96. The topological polar surface area (TPSA) is 55.8 Å². The molecule has 3 aromatic rings. The zero-order valence-electron chi connectivity index (χ0n) is 14.9. The van der Waals surface area contributed by atoms with E-state index in [1.807, 2.05) is 18.2 Å². The van der Waals surface area contributed by atoms with Crippen LogP contribution in [0.15, 0.2) is 66.7 Å². The Morgan fingerprint density at radius 1 is 0.852 bits per heavy atom. The lowest BCUT2D eigenvalue weighted by Gasteiger charge is -2.16. The van der Waals surface area contributed by atoms with Crippen molar-refractivity contribution < 1.29 is 19.4 Å².